The number of nitrogens with one attached hydrogen (secondary N) is 1. The molecule has 7 nitrogen and oxygen atoms in total. The summed E-state index contributed by atoms with van der Waals surface area (Å²) in [5, 5.41) is 7.99. The van der Waals surface area contributed by atoms with E-state index in [1.54, 1.807) is 6.07 Å². The Kier molecular flexibility index (Phi) is 4.41. The smallest absolute Gasteiger partial charge is 0.263 e. The van der Waals surface area contributed by atoms with Crippen molar-refractivity contribution in [2.75, 3.05) is 23.7 Å². The molecule has 1 aromatic carbocycles. The molecule has 1 aliphatic rings. The first-order valence-electron chi connectivity index (χ1n) is 6.47. The zero-order valence-corrected chi connectivity index (χ0v) is 14.1. The van der Waals surface area contributed by atoms with Crippen molar-refractivity contribution in [2.24, 2.45) is 0 Å². The van der Waals surface area contributed by atoms with Gasteiger partial charge in [-0.25, -0.2) is 8.42 Å². The molecule has 0 radical (unpaired) electrons. The predicted octanol–water partition coefficient (Wildman–Crippen LogP) is 2.22. The Morgan fingerprint density at radius 1 is 1.27 bits per heavy atom. The van der Waals surface area contributed by atoms with E-state index in [1.807, 2.05) is 6.92 Å². The summed E-state index contributed by atoms with van der Waals surface area (Å²) in [6.45, 7) is 2.85. The molecule has 0 spiro atoms. The second-order valence-corrected chi connectivity index (χ2v) is 8.39. The number of aromatic nitrogens is 2. The molecule has 10 heteroatoms. The molecule has 1 aliphatic heterocycles. The Morgan fingerprint density at radius 3 is 2.82 bits per heavy atom. The zero-order chi connectivity index (χ0) is 15.6. The summed E-state index contributed by atoms with van der Waals surface area (Å²) in [5.74, 6) is 1.82. The van der Waals surface area contributed by atoms with Crippen LogP contribution in [0.3, 0.4) is 0 Å². The normalized spacial score (nSPS) is 13.9. The summed E-state index contributed by atoms with van der Waals surface area (Å²) in [4.78, 5) is 0.0941. The molecule has 0 bridgehead atoms. The highest BCUT2D eigenvalue weighted by atomic mass is 32.2. The molecule has 0 saturated heterocycles. The third-order valence-corrected chi connectivity index (χ3v) is 6.04. The number of anilines is 1. The van der Waals surface area contributed by atoms with Gasteiger partial charge in [-0.2, -0.15) is 0 Å². The highest BCUT2D eigenvalue weighted by Crippen LogP contribution is 2.33. The van der Waals surface area contributed by atoms with Crippen LogP contribution in [0.2, 0.25) is 0 Å². The first-order valence-corrected chi connectivity index (χ1v) is 9.76. The van der Waals surface area contributed by atoms with Crippen LogP contribution in [0, 0.1) is 0 Å². The molecule has 2 heterocycles. The number of fused-ring (bicyclic) bond motifs is 1. The lowest BCUT2D eigenvalue weighted by atomic mass is 10.3. The maximum atomic E-state index is 12.4. The maximum Gasteiger partial charge on any atom is 0.263 e. The molecular formula is C12H13N3O4S3. The quantitative estimate of drug-likeness (QED) is 0.819. The minimum atomic E-state index is -3.74. The van der Waals surface area contributed by atoms with E-state index in [-0.39, 0.29) is 10.0 Å². The van der Waals surface area contributed by atoms with E-state index in [2.05, 4.69) is 14.9 Å². The third-order valence-electron chi connectivity index (χ3n) is 2.72. The molecule has 0 aliphatic carbocycles. The first-order chi connectivity index (χ1) is 10.6. The van der Waals surface area contributed by atoms with E-state index in [0.717, 1.165) is 10.1 Å². The van der Waals surface area contributed by atoms with Crippen LogP contribution in [0.5, 0.6) is 11.5 Å². The number of benzene rings is 1. The van der Waals surface area contributed by atoms with Gasteiger partial charge in [0.15, 0.2) is 15.8 Å². The summed E-state index contributed by atoms with van der Waals surface area (Å²) in [7, 11) is -3.74. The van der Waals surface area contributed by atoms with Gasteiger partial charge in [-0.15, -0.1) is 10.2 Å². The molecule has 118 valence electrons. The highest BCUT2D eigenvalue weighted by Gasteiger charge is 2.21. The van der Waals surface area contributed by atoms with Gasteiger partial charge in [0.05, 0.1) is 4.90 Å². The SMILES string of the molecule is CCSc1nnc(NS(=O)(=O)c2ccc3c(c2)OCCO3)s1. The van der Waals surface area contributed by atoms with Gasteiger partial charge >= 0.3 is 0 Å². The fourth-order valence-electron chi connectivity index (χ4n) is 1.80. The monoisotopic (exact) mass is 359 g/mol. The molecule has 0 fully saturated rings. The van der Waals surface area contributed by atoms with E-state index < -0.39 is 10.0 Å². The Labute approximate surface area is 136 Å². The van der Waals surface area contributed by atoms with Crippen LogP contribution in [-0.4, -0.2) is 37.6 Å². The minimum Gasteiger partial charge on any atom is -0.486 e. The zero-order valence-electron chi connectivity index (χ0n) is 11.6. The van der Waals surface area contributed by atoms with E-state index in [0.29, 0.717) is 24.7 Å². The topological polar surface area (TPSA) is 90.4 Å². The molecule has 22 heavy (non-hydrogen) atoms. The number of thioether (sulfide) groups is 1. The van der Waals surface area contributed by atoms with Gasteiger partial charge in [0.1, 0.15) is 13.2 Å². The van der Waals surface area contributed by atoms with Crippen molar-refractivity contribution in [3.05, 3.63) is 18.2 Å². The number of hydrogen-bond donors (Lipinski definition) is 1. The summed E-state index contributed by atoms with van der Waals surface area (Å²) >= 11 is 2.71. The Morgan fingerprint density at radius 2 is 2.05 bits per heavy atom. The minimum absolute atomic E-state index is 0.0941. The summed E-state index contributed by atoms with van der Waals surface area (Å²) < 4.78 is 38.7. The van der Waals surface area contributed by atoms with Gasteiger partial charge in [0.25, 0.3) is 10.0 Å². The van der Waals surface area contributed by atoms with Crippen LogP contribution in [0.4, 0.5) is 5.13 Å². The van der Waals surface area contributed by atoms with Gasteiger partial charge in [-0.05, 0) is 17.9 Å². The predicted molar refractivity (Wildman–Crippen MR) is 84.5 cm³/mol. The number of hydrogen-bond acceptors (Lipinski definition) is 8. The molecule has 0 amide bonds. The van der Waals surface area contributed by atoms with Crippen LogP contribution < -0.4 is 14.2 Å². The van der Waals surface area contributed by atoms with Crippen LogP contribution in [0.1, 0.15) is 6.92 Å². The fraction of sp³-hybridized carbons (Fsp3) is 0.333. The number of ether oxygens (including phenoxy) is 2. The standard InChI is InChI=1S/C12H13N3O4S3/c1-2-20-12-14-13-11(21-12)15-22(16,17)8-3-4-9-10(7-8)19-6-5-18-9/h3-4,7H,2,5-6H2,1H3,(H,13,15). The second-order valence-electron chi connectivity index (χ2n) is 4.22. The average molecular weight is 359 g/mol. The van der Waals surface area contributed by atoms with Gasteiger partial charge < -0.3 is 9.47 Å². The molecule has 0 saturated carbocycles. The van der Waals surface area contributed by atoms with Crippen molar-refractivity contribution in [3.63, 3.8) is 0 Å². The third kappa shape index (κ3) is 3.28. The van der Waals surface area contributed by atoms with Gasteiger partial charge in [-0.1, -0.05) is 30.0 Å². The summed E-state index contributed by atoms with van der Waals surface area (Å²) in [5.41, 5.74) is 0. The van der Waals surface area contributed by atoms with Crippen LogP contribution in [0.15, 0.2) is 27.4 Å². The summed E-state index contributed by atoms with van der Waals surface area (Å²) in [6.07, 6.45) is 0. The van der Waals surface area contributed by atoms with Crippen LogP contribution in [0.25, 0.3) is 0 Å². The van der Waals surface area contributed by atoms with Crippen LogP contribution in [-0.2, 0) is 10.0 Å². The molecule has 2 aromatic rings. The van der Waals surface area contributed by atoms with Gasteiger partial charge in [0, 0.05) is 6.07 Å². The molecule has 3 rings (SSSR count). The van der Waals surface area contributed by atoms with Gasteiger partial charge in [0.2, 0.25) is 5.13 Å². The van der Waals surface area contributed by atoms with E-state index >= 15 is 0 Å². The maximum absolute atomic E-state index is 12.4. The number of rotatable bonds is 5. The molecule has 0 atom stereocenters. The van der Waals surface area contributed by atoms with Crippen LogP contribution >= 0.6 is 23.1 Å². The van der Waals surface area contributed by atoms with E-state index in [1.165, 1.54) is 35.2 Å². The van der Waals surface area contributed by atoms with E-state index in [9.17, 15) is 8.42 Å². The Hall–Kier alpha value is -1.52. The molecule has 0 unspecified atom stereocenters. The van der Waals surface area contributed by atoms with Crippen molar-refractivity contribution in [2.45, 2.75) is 16.2 Å². The highest BCUT2D eigenvalue weighted by molar-refractivity contribution is 8.01. The van der Waals surface area contributed by atoms with E-state index in [4.69, 9.17) is 9.47 Å². The van der Waals surface area contributed by atoms with Crippen molar-refractivity contribution in [3.8, 4) is 11.5 Å². The fourth-order valence-corrected chi connectivity index (χ4v) is 4.69. The number of nitrogens with zero attached hydrogens (tertiary/aromatic N) is 2. The molecular weight excluding hydrogens is 346 g/mol. The first kappa shape index (κ1) is 15.4. The van der Waals surface area contributed by atoms with Crippen molar-refractivity contribution in [1.29, 1.82) is 0 Å². The van der Waals surface area contributed by atoms with Crippen molar-refractivity contribution >= 4 is 38.3 Å². The lowest BCUT2D eigenvalue weighted by molar-refractivity contribution is 0.171. The summed E-state index contributed by atoms with van der Waals surface area (Å²) in [6, 6.07) is 4.50. The number of sulfonamides is 1. The van der Waals surface area contributed by atoms with Crippen molar-refractivity contribution < 1.29 is 17.9 Å². The molecule has 1 N–H and O–H groups in total. The lowest BCUT2D eigenvalue weighted by Crippen LogP contribution is -2.17. The Bertz CT molecular complexity index is 776. The van der Waals surface area contributed by atoms with Gasteiger partial charge in [-0.3, -0.25) is 4.72 Å². The average Bonchev–Trinajstić information content (AvgIpc) is 2.93. The second kappa shape index (κ2) is 6.31. The molecule has 1 aromatic heterocycles. The van der Waals surface area contributed by atoms with Crippen molar-refractivity contribution in [1.82, 2.24) is 10.2 Å². The Balaban J connectivity index is 1.82. The largest absolute Gasteiger partial charge is 0.486 e. The lowest BCUT2D eigenvalue weighted by Gasteiger charge is -2.18.